The Hall–Kier alpha value is -3.95. The summed E-state index contributed by atoms with van der Waals surface area (Å²) in [5, 5.41) is 4.65. The van der Waals surface area contributed by atoms with Crippen molar-refractivity contribution < 1.29 is 22.4 Å². The van der Waals surface area contributed by atoms with Gasteiger partial charge in [-0.1, -0.05) is 39.0 Å². The highest BCUT2D eigenvalue weighted by Crippen LogP contribution is 2.32. The number of carbonyl (C=O) groups excluding carboxylic acids is 1. The number of hydrogen-bond acceptors (Lipinski definition) is 4. The average Bonchev–Trinajstić information content (AvgIpc) is 3.33. The van der Waals surface area contributed by atoms with E-state index in [9.17, 15) is 22.4 Å². The van der Waals surface area contributed by atoms with Gasteiger partial charge in [0.15, 0.2) is 5.65 Å². The molecule has 0 spiro atoms. The van der Waals surface area contributed by atoms with Gasteiger partial charge in [0.1, 0.15) is 11.5 Å². The lowest BCUT2D eigenvalue weighted by Crippen LogP contribution is -2.49. The van der Waals surface area contributed by atoms with Gasteiger partial charge in [-0.05, 0) is 36.4 Å². The number of benzene rings is 2. The maximum atomic E-state index is 14.6. The van der Waals surface area contributed by atoms with Crippen LogP contribution < -0.4 is 4.90 Å². The molecule has 38 heavy (non-hydrogen) atoms. The Morgan fingerprint density at radius 1 is 0.895 bits per heavy atom. The molecule has 1 aliphatic rings. The van der Waals surface area contributed by atoms with Crippen molar-refractivity contribution >= 4 is 17.2 Å². The zero-order valence-electron chi connectivity index (χ0n) is 21.3. The van der Waals surface area contributed by atoms with Gasteiger partial charge in [-0.3, -0.25) is 4.79 Å². The van der Waals surface area contributed by atoms with Crippen molar-refractivity contribution in [1.82, 2.24) is 19.5 Å². The third-order valence-electron chi connectivity index (χ3n) is 6.67. The minimum atomic E-state index is -4.42. The number of nitrogens with zero attached hydrogens (tertiary/aromatic N) is 5. The smallest absolute Gasteiger partial charge is 0.368 e. The zero-order chi connectivity index (χ0) is 27.2. The molecule has 10 heteroatoms. The van der Waals surface area contributed by atoms with Crippen molar-refractivity contribution in [3.63, 3.8) is 0 Å². The minimum absolute atomic E-state index is 0.247. The monoisotopic (exact) mass is 525 g/mol. The summed E-state index contributed by atoms with van der Waals surface area (Å²) in [6.07, 6.45) is -4.42. The number of hydrogen-bond donors (Lipinski definition) is 0. The molecule has 4 aromatic rings. The summed E-state index contributed by atoms with van der Waals surface area (Å²) in [6, 6.07) is 14.8. The van der Waals surface area contributed by atoms with Crippen molar-refractivity contribution in [1.29, 1.82) is 0 Å². The average molecular weight is 526 g/mol. The molecule has 0 N–H and O–H groups in total. The van der Waals surface area contributed by atoms with Gasteiger partial charge in [0.25, 0.3) is 5.91 Å². The summed E-state index contributed by atoms with van der Waals surface area (Å²) in [6.45, 7) is 7.35. The van der Waals surface area contributed by atoms with Gasteiger partial charge in [0.05, 0.1) is 17.0 Å². The van der Waals surface area contributed by atoms with Crippen LogP contribution in [0.15, 0.2) is 60.7 Å². The van der Waals surface area contributed by atoms with E-state index in [1.807, 2.05) is 25.7 Å². The predicted octanol–water partition coefficient (Wildman–Crippen LogP) is 5.81. The number of piperazine rings is 1. The van der Waals surface area contributed by atoms with E-state index in [-0.39, 0.29) is 22.6 Å². The molecule has 0 bridgehead atoms. The highest BCUT2D eigenvalue weighted by Gasteiger charge is 2.32. The molecule has 2 aromatic carbocycles. The Labute approximate surface area is 217 Å². The molecule has 1 fully saturated rings. The number of rotatable bonds is 3. The van der Waals surface area contributed by atoms with Gasteiger partial charge in [-0.2, -0.15) is 18.3 Å². The molecule has 198 valence electrons. The number of anilines is 1. The Morgan fingerprint density at radius 3 is 2.26 bits per heavy atom. The summed E-state index contributed by atoms with van der Waals surface area (Å²) in [5.74, 6) is -0.754. The molecule has 0 saturated carbocycles. The van der Waals surface area contributed by atoms with Crippen LogP contribution in [0.25, 0.3) is 16.9 Å². The third-order valence-corrected chi connectivity index (χ3v) is 6.67. The van der Waals surface area contributed by atoms with Crippen LogP contribution >= 0.6 is 0 Å². The van der Waals surface area contributed by atoms with Gasteiger partial charge in [0, 0.05) is 48.9 Å². The highest BCUT2D eigenvalue weighted by molar-refractivity contribution is 5.94. The molecule has 3 heterocycles. The van der Waals surface area contributed by atoms with E-state index >= 15 is 0 Å². The van der Waals surface area contributed by atoms with E-state index in [1.165, 1.54) is 16.6 Å². The normalized spacial score (nSPS) is 14.8. The number of fused-ring (bicyclic) bond motifs is 1. The third kappa shape index (κ3) is 4.94. The highest BCUT2D eigenvalue weighted by atomic mass is 19.4. The van der Waals surface area contributed by atoms with Crippen molar-refractivity contribution in [2.24, 2.45) is 0 Å². The van der Waals surface area contributed by atoms with E-state index in [1.54, 1.807) is 41.3 Å². The molecular formula is C28H27F4N5O. The maximum absolute atomic E-state index is 14.6. The lowest BCUT2D eigenvalue weighted by Gasteiger charge is -2.36. The van der Waals surface area contributed by atoms with Gasteiger partial charge >= 0.3 is 6.18 Å². The summed E-state index contributed by atoms with van der Waals surface area (Å²) >= 11 is 0. The Balaban J connectivity index is 1.46. The van der Waals surface area contributed by atoms with Crippen molar-refractivity contribution in [2.75, 3.05) is 31.1 Å². The first kappa shape index (κ1) is 25.7. The fraction of sp³-hybridized carbons (Fsp3) is 0.321. The molecule has 1 saturated heterocycles. The molecule has 0 aliphatic carbocycles. The van der Waals surface area contributed by atoms with Crippen LogP contribution in [0.3, 0.4) is 0 Å². The molecule has 0 atom stereocenters. The SMILES string of the molecule is CC(C)(C)c1cc2nc(-c3ccccc3F)cc(C(=O)N3CCN(c4cccc(C(F)(F)F)c4)CC3)n2n1. The van der Waals surface area contributed by atoms with E-state index < -0.39 is 17.6 Å². The number of alkyl halides is 3. The Kier molecular flexibility index (Phi) is 6.36. The van der Waals surface area contributed by atoms with E-state index in [2.05, 4.69) is 10.1 Å². The molecule has 1 amide bonds. The van der Waals surface area contributed by atoms with Crippen LogP contribution in [0.5, 0.6) is 0 Å². The van der Waals surface area contributed by atoms with Crippen LogP contribution in [0.1, 0.15) is 42.5 Å². The number of amides is 1. The second-order valence-electron chi connectivity index (χ2n) is 10.4. The van der Waals surface area contributed by atoms with Gasteiger partial charge in [0.2, 0.25) is 0 Å². The first-order valence-electron chi connectivity index (χ1n) is 12.3. The summed E-state index contributed by atoms with van der Waals surface area (Å²) in [4.78, 5) is 21.8. The Morgan fingerprint density at radius 2 is 1.61 bits per heavy atom. The topological polar surface area (TPSA) is 53.7 Å². The second-order valence-corrected chi connectivity index (χ2v) is 10.4. The van der Waals surface area contributed by atoms with Crippen molar-refractivity contribution in [3.05, 3.63) is 83.4 Å². The molecule has 5 rings (SSSR count). The summed E-state index contributed by atoms with van der Waals surface area (Å²) in [5.41, 5.74) is 1.46. The first-order valence-corrected chi connectivity index (χ1v) is 12.3. The van der Waals surface area contributed by atoms with E-state index in [0.717, 1.165) is 17.8 Å². The largest absolute Gasteiger partial charge is 0.416 e. The summed E-state index contributed by atoms with van der Waals surface area (Å²) in [7, 11) is 0. The van der Waals surface area contributed by atoms with Gasteiger partial charge < -0.3 is 9.80 Å². The fourth-order valence-electron chi connectivity index (χ4n) is 4.51. The fourth-order valence-corrected chi connectivity index (χ4v) is 4.51. The molecule has 6 nitrogen and oxygen atoms in total. The van der Waals surface area contributed by atoms with Crippen molar-refractivity contribution in [2.45, 2.75) is 32.4 Å². The number of carbonyl (C=O) groups is 1. The number of aromatic nitrogens is 3. The summed E-state index contributed by atoms with van der Waals surface area (Å²) < 4.78 is 55.6. The molecular weight excluding hydrogens is 498 g/mol. The quantitative estimate of drug-likeness (QED) is 0.317. The predicted molar refractivity (Wildman–Crippen MR) is 137 cm³/mol. The van der Waals surface area contributed by atoms with Gasteiger partial charge in [-0.25, -0.2) is 13.9 Å². The van der Waals surface area contributed by atoms with Crippen LogP contribution in [-0.4, -0.2) is 51.6 Å². The second kappa shape index (κ2) is 9.41. The Bertz CT molecular complexity index is 1500. The minimum Gasteiger partial charge on any atom is -0.368 e. The first-order chi connectivity index (χ1) is 17.9. The van der Waals surface area contributed by atoms with E-state index in [0.29, 0.717) is 43.2 Å². The van der Waals surface area contributed by atoms with Crippen molar-refractivity contribution in [3.8, 4) is 11.3 Å². The lowest BCUT2D eigenvalue weighted by atomic mass is 9.93. The van der Waals surface area contributed by atoms with Crippen LogP contribution in [-0.2, 0) is 11.6 Å². The number of halogens is 4. The maximum Gasteiger partial charge on any atom is 0.416 e. The molecule has 1 aliphatic heterocycles. The van der Waals surface area contributed by atoms with Crippen LogP contribution in [0.4, 0.5) is 23.2 Å². The molecule has 0 unspecified atom stereocenters. The van der Waals surface area contributed by atoms with E-state index in [4.69, 9.17) is 0 Å². The zero-order valence-corrected chi connectivity index (χ0v) is 21.3. The van der Waals surface area contributed by atoms with Crippen LogP contribution in [0, 0.1) is 5.82 Å². The van der Waals surface area contributed by atoms with Gasteiger partial charge in [-0.15, -0.1) is 0 Å². The van der Waals surface area contributed by atoms with Crippen LogP contribution in [0.2, 0.25) is 0 Å². The standard InChI is InChI=1S/C28H27F4N5O/c1-27(2,3)24-17-25-33-22(20-9-4-5-10-21(20)29)16-23(37(25)34-24)26(38)36-13-11-35(12-14-36)19-8-6-7-18(15-19)28(30,31)32/h4-10,15-17H,11-14H2,1-3H3. The lowest BCUT2D eigenvalue weighted by molar-refractivity contribution is -0.137. The molecule has 2 aromatic heterocycles. The molecule has 0 radical (unpaired) electrons.